The molecule has 0 aromatic heterocycles. The third-order valence-corrected chi connectivity index (χ3v) is 1.93. The Kier molecular flexibility index (Phi) is 3.42. The van der Waals surface area contributed by atoms with Crippen molar-refractivity contribution in [1.29, 1.82) is 0 Å². The van der Waals surface area contributed by atoms with E-state index in [2.05, 4.69) is 0 Å². The van der Waals surface area contributed by atoms with E-state index in [0.717, 1.165) is 0 Å². The molecule has 1 aromatic carbocycles. The summed E-state index contributed by atoms with van der Waals surface area (Å²) in [7, 11) is 0. The van der Waals surface area contributed by atoms with Gasteiger partial charge in [0.2, 0.25) is 0 Å². The van der Waals surface area contributed by atoms with Crippen LogP contribution in [0.1, 0.15) is 15.9 Å². The third-order valence-electron chi connectivity index (χ3n) is 1.60. The van der Waals surface area contributed by atoms with Crippen LogP contribution in [0.5, 0.6) is 0 Å². The lowest BCUT2D eigenvalue weighted by Crippen LogP contribution is -1.95. The third kappa shape index (κ3) is 2.44. The Morgan fingerprint density at radius 3 is 2.64 bits per heavy atom. The van der Waals surface area contributed by atoms with Crippen molar-refractivity contribution in [3.63, 3.8) is 0 Å². The molecule has 0 atom stereocenters. The van der Waals surface area contributed by atoms with Crippen LogP contribution < -0.4 is 0 Å². The minimum Gasteiger partial charge on any atom is -0.478 e. The van der Waals surface area contributed by atoms with Gasteiger partial charge in [0.25, 0.3) is 0 Å². The van der Waals surface area contributed by atoms with E-state index in [1.807, 2.05) is 0 Å². The van der Waals surface area contributed by atoms with Gasteiger partial charge < -0.3 is 5.11 Å². The van der Waals surface area contributed by atoms with Gasteiger partial charge in [-0.05, 0) is 23.8 Å². The predicted molar refractivity (Wildman–Crippen MR) is 53.5 cm³/mol. The smallest absolute Gasteiger partial charge is 0.335 e. The highest BCUT2D eigenvalue weighted by molar-refractivity contribution is 6.32. The van der Waals surface area contributed by atoms with E-state index >= 15 is 0 Å². The van der Waals surface area contributed by atoms with Gasteiger partial charge in [0.05, 0.1) is 5.56 Å². The van der Waals surface area contributed by atoms with Gasteiger partial charge in [-0.2, -0.15) is 0 Å². The molecule has 3 nitrogen and oxygen atoms in total. The Hall–Kier alpha value is -1.61. The minimum absolute atomic E-state index is 0.123. The summed E-state index contributed by atoms with van der Waals surface area (Å²) in [4.78, 5) is 20.6. The minimum atomic E-state index is -1.03. The number of halogens is 1. The van der Waals surface area contributed by atoms with Gasteiger partial charge in [0.1, 0.15) is 6.29 Å². The van der Waals surface area contributed by atoms with E-state index in [0.29, 0.717) is 16.9 Å². The summed E-state index contributed by atoms with van der Waals surface area (Å²) in [6.45, 7) is 0. The average Bonchev–Trinajstić information content (AvgIpc) is 2.15. The molecule has 0 aliphatic carbocycles. The van der Waals surface area contributed by atoms with E-state index in [1.165, 1.54) is 24.3 Å². The second-order valence-corrected chi connectivity index (χ2v) is 2.94. The first kappa shape index (κ1) is 10.5. The number of rotatable bonds is 3. The van der Waals surface area contributed by atoms with Crippen molar-refractivity contribution >= 4 is 29.9 Å². The van der Waals surface area contributed by atoms with Crippen molar-refractivity contribution in [1.82, 2.24) is 0 Å². The molecule has 0 saturated heterocycles. The lowest BCUT2D eigenvalue weighted by molar-refractivity contribution is -0.104. The number of hydrogen-bond acceptors (Lipinski definition) is 2. The van der Waals surface area contributed by atoms with Crippen LogP contribution in [0.2, 0.25) is 5.02 Å². The second kappa shape index (κ2) is 4.58. The summed E-state index contributed by atoms with van der Waals surface area (Å²) < 4.78 is 0. The molecular weight excluding hydrogens is 204 g/mol. The molecule has 4 heteroatoms. The number of carboxylic acids is 1. The second-order valence-electron chi connectivity index (χ2n) is 2.54. The number of allylic oxidation sites excluding steroid dienone is 1. The predicted octanol–water partition coefficient (Wildman–Crippen LogP) is 2.25. The topological polar surface area (TPSA) is 54.4 Å². The van der Waals surface area contributed by atoms with Crippen LogP contribution in [0.3, 0.4) is 0 Å². The van der Waals surface area contributed by atoms with Crippen molar-refractivity contribution in [3.8, 4) is 0 Å². The molecule has 0 aliphatic heterocycles. The molecule has 1 aromatic rings. The summed E-state index contributed by atoms with van der Waals surface area (Å²) in [6, 6.07) is 4.32. The highest BCUT2D eigenvalue weighted by Crippen LogP contribution is 2.19. The fraction of sp³-hybridized carbons (Fsp3) is 0. The largest absolute Gasteiger partial charge is 0.478 e. The van der Waals surface area contributed by atoms with E-state index in [-0.39, 0.29) is 5.56 Å². The Morgan fingerprint density at radius 2 is 2.14 bits per heavy atom. The first-order valence-electron chi connectivity index (χ1n) is 3.80. The highest BCUT2D eigenvalue weighted by Gasteiger charge is 2.04. The van der Waals surface area contributed by atoms with Gasteiger partial charge in [-0.1, -0.05) is 23.7 Å². The summed E-state index contributed by atoms with van der Waals surface area (Å²) in [5.41, 5.74) is 0.738. The number of hydrogen-bond donors (Lipinski definition) is 1. The van der Waals surface area contributed by atoms with E-state index in [1.54, 1.807) is 6.07 Å². The summed E-state index contributed by atoms with van der Waals surface area (Å²) in [6.07, 6.45) is 3.43. The molecule has 0 radical (unpaired) electrons. The van der Waals surface area contributed by atoms with Crippen LogP contribution in [-0.4, -0.2) is 17.4 Å². The maximum atomic E-state index is 10.5. The van der Waals surface area contributed by atoms with Gasteiger partial charge in [0.15, 0.2) is 0 Å². The SMILES string of the molecule is O=CC=Cc1ccc(C(=O)O)cc1Cl. The lowest BCUT2D eigenvalue weighted by Gasteiger charge is -1.99. The number of benzene rings is 1. The summed E-state index contributed by atoms with van der Waals surface area (Å²) in [5, 5.41) is 8.95. The van der Waals surface area contributed by atoms with Crippen LogP contribution in [0.25, 0.3) is 6.08 Å². The Bertz CT molecular complexity index is 396. The van der Waals surface area contributed by atoms with Gasteiger partial charge in [0, 0.05) is 5.02 Å². The molecule has 14 heavy (non-hydrogen) atoms. The first-order chi connectivity index (χ1) is 6.65. The molecule has 0 spiro atoms. The Morgan fingerprint density at radius 1 is 1.43 bits per heavy atom. The normalized spacial score (nSPS) is 10.4. The molecule has 0 amide bonds. The lowest BCUT2D eigenvalue weighted by atomic mass is 10.1. The first-order valence-corrected chi connectivity index (χ1v) is 4.17. The maximum absolute atomic E-state index is 10.5. The average molecular weight is 211 g/mol. The van der Waals surface area contributed by atoms with Crippen LogP contribution in [0.4, 0.5) is 0 Å². The number of aromatic carboxylic acids is 1. The summed E-state index contributed by atoms with van der Waals surface area (Å²) in [5.74, 6) is -1.03. The Labute approximate surface area is 85.6 Å². The molecule has 0 aliphatic rings. The van der Waals surface area contributed by atoms with Crippen molar-refractivity contribution in [2.45, 2.75) is 0 Å². The quantitative estimate of drug-likeness (QED) is 0.615. The molecule has 0 heterocycles. The zero-order valence-electron chi connectivity index (χ0n) is 7.11. The summed E-state index contributed by atoms with van der Waals surface area (Å²) >= 11 is 5.78. The van der Waals surface area contributed by atoms with Crippen molar-refractivity contribution in [2.24, 2.45) is 0 Å². The van der Waals surface area contributed by atoms with Crippen molar-refractivity contribution in [2.75, 3.05) is 0 Å². The molecule has 0 fully saturated rings. The number of carboxylic acid groups (broad SMARTS) is 1. The van der Waals surface area contributed by atoms with Gasteiger partial charge in [-0.25, -0.2) is 4.79 Å². The van der Waals surface area contributed by atoms with Crippen molar-refractivity contribution < 1.29 is 14.7 Å². The molecule has 1 rings (SSSR count). The van der Waals surface area contributed by atoms with Crippen LogP contribution in [-0.2, 0) is 4.79 Å². The number of carbonyl (C=O) groups excluding carboxylic acids is 1. The standard InChI is InChI=1S/C10H7ClO3/c11-9-6-8(10(13)14)4-3-7(9)2-1-5-12/h1-6H,(H,13,14). The van der Waals surface area contributed by atoms with Crippen LogP contribution in [0, 0.1) is 0 Å². The van der Waals surface area contributed by atoms with E-state index < -0.39 is 5.97 Å². The highest BCUT2D eigenvalue weighted by atomic mass is 35.5. The van der Waals surface area contributed by atoms with Gasteiger partial charge >= 0.3 is 5.97 Å². The van der Waals surface area contributed by atoms with Crippen LogP contribution >= 0.6 is 11.6 Å². The maximum Gasteiger partial charge on any atom is 0.335 e. The number of carbonyl (C=O) groups is 2. The number of aldehydes is 1. The molecule has 1 N–H and O–H groups in total. The van der Waals surface area contributed by atoms with Gasteiger partial charge in [-0.15, -0.1) is 0 Å². The zero-order valence-corrected chi connectivity index (χ0v) is 7.86. The fourth-order valence-electron chi connectivity index (χ4n) is 0.938. The molecule has 0 saturated carbocycles. The molecule has 72 valence electrons. The van der Waals surface area contributed by atoms with E-state index in [4.69, 9.17) is 16.7 Å². The monoisotopic (exact) mass is 210 g/mol. The van der Waals surface area contributed by atoms with Crippen LogP contribution in [0.15, 0.2) is 24.3 Å². The van der Waals surface area contributed by atoms with E-state index in [9.17, 15) is 9.59 Å². The van der Waals surface area contributed by atoms with Gasteiger partial charge in [-0.3, -0.25) is 4.79 Å². The molecular formula is C10H7ClO3. The fourth-order valence-corrected chi connectivity index (χ4v) is 1.18. The molecule has 0 unspecified atom stereocenters. The van der Waals surface area contributed by atoms with Crippen molar-refractivity contribution in [3.05, 3.63) is 40.4 Å². The molecule has 0 bridgehead atoms. The Balaban J connectivity index is 3.07. The zero-order chi connectivity index (χ0) is 10.6.